The molecule has 0 saturated carbocycles. The molecule has 2 rings (SSSR count). The van der Waals surface area contributed by atoms with Gasteiger partial charge in [0.05, 0.1) is 10.5 Å². The van der Waals surface area contributed by atoms with Crippen molar-refractivity contribution in [2.75, 3.05) is 18.8 Å². The molecular weight excluding hydrogens is 276 g/mol. The highest BCUT2D eigenvalue weighted by molar-refractivity contribution is 7.89. The second kappa shape index (κ2) is 5.02. The highest BCUT2D eigenvalue weighted by atomic mass is 32.2. The molecule has 0 atom stereocenters. The third kappa shape index (κ3) is 2.82. The van der Waals surface area contributed by atoms with Crippen LogP contribution in [0.5, 0.6) is 0 Å². The predicted molar refractivity (Wildman–Crippen MR) is 78.9 cm³/mol. The summed E-state index contributed by atoms with van der Waals surface area (Å²) in [6.45, 7) is 6.14. The first-order valence-corrected chi connectivity index (χ1v) is 8.17. The lowest BCUT2D eigenvalue weighted by Crippen LogP contribution is -2.45. The molecule has 0 amide bonds. The number of anilines is 1. The summed E-state index contributed by atoms with van der Waals surface area (Å²) < 4.78 is 26.6. The van der Waals surface area contributed by atoms with Gasteiger partial charge >= 0.3 is 0 Å². The van der Waals surface area contributed by atoms with E-state index in [1.54, 1.807) is 13.0 Å². The number of benzene rings is 1. The van der Waals surface area contributed by atoms with Gasteiger partial charge in [0.15, 0.2) is 0 Å². The Bertz CT molecular complexity index is 590. The number of rotatable bonds is 2. The van der Waals surface area contributed by atoms with E-state index in [1.807, 2.05) is 13.8 Å². The molecule has 0 spiro atoms. The van der Waals surface area contributed by atoms with E-state index in [4.69, 9.17) is 5.73 Å². The van der Waals surface area contributed by atoms with Crippen LogP contribution >= 0.6 is 0 Å². The molecule has 1 heterocycles. The van der Waals surface area contributed by atoms with Crippen LogP contribution < -0.4 is 5.73 Å². The number of aliphatic hydroxyl groups is 1. The van der Waals surface area contributed by atoms with Gasteiger partial charge in [-0.25, -0.2) is 8.42 Å². The molecule has 1 aliphatic rings. The first-order valence-electron chi connectivity index (χ1n) is 6.73. The third-order valence-electron chi connectivity index (χ3n) is 4.12. The van der Waals surface area contributed by atoms with Gasteiger partial charge in [0.25, 0.3) is 0 Å². The zero-order valence-electron chi connectivity index (χ0n) is 12.2. The maximum atomic E-state index is 12.6. The molecule has 0 unspecified atom stereocenters. The first-order chi connectivity index (χ1) is 9.13. The van der Waals surface area contributed by atoms with Gasteiger partial charge < -0.3 is 10.8 Å². The maximum absolute atomic E-state index is 12.6. The summed E-state index contributed by atoms with van der Waals surface area (Å²) in [5.41, 5.74) is 7.37. The second-order valence-electron chi connectivity index (χ2n) is 5.86. The Morgan fingerprint density at radius 2 is 1.80 bits per heavy atom. The van der Waals surface area contributed by atoms with E-state index >= 15 is 0 Å². The van der Waals surface area contributed by atoms with Crippen LogP contribution in [0.4, 0.5) is 5.69 Å². The lowest BCUT2D eigenvalue weighted by Gasteiger charge is -2.35. The van der Waals surface area contributed by atoms with E-state index in [0.29, 0.717) is 31.6 Å². The number of aryl methyl sites for hydroxylation is 1. The van der Waals surface area contributed by atoms with Gasteiger partial charge in [-0.1, -0.05) is 0 Å². The number of hydrogen-bond acceptors (Lipinski definition) is 4. The lowest BCUT2D eigenvalue weighted by atomic mass is 9.95. The van der Waals surface area contributed by atoms with Gasteiger partial charge in [-0.2, -0.15) is 4.31 Å². The highest BCUT2D eigenvalue weighted by Gasteiger charge is 2.34. The highest BCUT2D eigenvalue weighted by Crippen LogP contribution is 2.28. The van der Waals surface area contributed by atoms with E-state index in [0.717, 1.165) is 11.1 Å². The Morgan fingerprint density at radius 1 is 1.25 bits per heavy atom. The fraction of sp³-hybridized carbons (Fsp3) is 0.571. The van der Waals surface area contributed by atoms with E-state index in [-0.39, 0.29) is 4.90 Å². The molecule has 20 heavy (non-hydrogen) atoms. The monoisotopic (exact) mass is 298 g/mol. The molecular formula is C14H22N2O3S. The summed E-state index contributed by atoms with van der Waals surface area (Å²) in [5, 5.41) is 9.91. The number of nitrogens with zero attached hydrogens (tertiary/aromatic N) is 1. The van der Waals surface area contributed by atoms with Crippen LogP contribution in [0.2, 0.25) is 0 Å². The predicted octanol–water partition coefficient (Wildman–Crippen LogP) is 1.42. The quantitative estimate of drug-likeness (QED) is 0.809. The molecule has 6 heteroatoms. The van der Waals surface area contributed by atoms with Crippen molar-refractivity contribution in [1.29, 1.82) is 0 Å². The Labute approximate surface area is 120 Å². The van der Waals surface area contributed by atoms with E-state index in [1.165, 1.54) is 10.4 Å². The van der Waals surface area contributed by atoms with Crippen LogP contribution in [0.25, 0.3) is 0 Å². The minimum Gasteiger partial charge on any atom is -0.398 e. The van der Waals surface area contributed by atoms with Gasteiger partial charge in [0.1, 0.15) is 0 Å². The summed E-state index contributed by atoms with van der Waals surface area (Å²) in [5.74, 6) is 0. The molecule has 0 aromatic heterocycles. The fourth-order valence-corrected chi connectivity index (χ4v) is 3.92. The number of nitrogens with two attached hydrogens (primary N) is 1. The average Bonchev–Trinajstić information content (AvgIpc) is 2.34. The van der Waals surface area contributed by atoms with Crippen LogP contribution in [0.15, 0.2) is 17.0 Å². The smallest absolute Gasteiger partial charge is 0.243 e. The number of hydrogen-bond donors (Lipinski definition) is 2. The molecule has 112 valence electrons. The summed E-state index contributed by atoms with van der Waals surface area (Å²) in [6.07, 6.45) is 0.902. The summed E-state index contributed by atoms with van der Waals surface area (Å²) in [6, 6.07) is 3.18. The molecule has 1 saturated heterocycles. The van der Waals surface area contributed by atoms with E-state index in [2.05, 4.69) is 0 Å². The topological polar surface area (TPSA) is 83.6 Å². The zero-order valence-corrected chi connectivity index (χ0v) is 13.0. The van der Waals surface area contributed by atoms with E-state index < -0.39 is 15.6 Å². The summed E-state index contributed by atoms with van der Waals surface area (Å²) in [7, 11) is -3.53. The van der Waals surface area contributed by atoms with Gasteiger partial charge in [-0.3, -0.25) is 0 Å². The number of sulfonamides is 1. The van der Waals surface area contributed by atoms with Gasteiger partial charge in [-0.15, -0.1) is 0 Å². The van der Waals surface area contributed by atoms with Crippen molar-refractivity contribution in [3.8, 4) is 0 Å². The Kier molecular flexibility index (Phi) is 3.83. The van der Waals surface area contributed by atoms with Crippen molar-refractivity contribution in [3.63, 3.8) is 0 Å². The van der Waals surface area contributed by atoms with E-state index in [9.17, 15) is 13.5 Å². The Morgan fingerprint density at radius 3 is 2.30 bits per heavy atom. The fourth-order valence-electron chi connectivity index (χ4n) is 2.36. The van der Waals surface area contributed by atoms with Gasteiger partial charge in [0, 0.05) is 18.8 Å². The Hall–Kier alpha value is -1.11. The average molecular weight is 298 g/mol. The molecule has 1 aliphatic heterocycles. The van der Waals surface area contributed by atoms with Gasteiger partial charge in [-0.05, 0) is 56.9 Å². The van der Waals surface area contributed by atoms with Crippen LogP contribution in [0.3, 0.4) is 0 Å². The largest absolute Gasteiger partial charge is 0.398 e. The molecule has 5 nitrogen and oxygen atoms in total. The zero-order chi connectivity index (χ0) is 15.1. The SMILES string of the molecule is Cc1cc(S(=O)(=O)N2CCC(C)(O)CC2)cc(N)c1C. The standard InChI is InChI=1S/C14H22N2O3S/c1-10-8-12(9-13(15)11(10)2)20(18,19)16-6-4-14(3,17)5-7-16/h8-9,17H,4-7,15H2,1-3H3. The van der Waals surface area contributed by atoms with Crippen molar-refractivity contribution >= 4 is 15.7 Å². The number of piperidine rings is 1. The molecule has 0 aliphatic carbocycles. The lowest BCUT2D eigenvalue weighted by molar-refractivity contribution is 0.0126. The van der Waals surface area contributed by atoms with Crippen LogP contribution in [0.1, 0.15) is 30.9 Å². The van der Waals surface area contributed by atoms with Crippen LogP contribution in [-0.4, -0.2) is 36.5 Å². The molecule has 0 radical (unpaired) electrons. The molecule has 0 bridgehead atoms. The summed E-state index contributed by atoms with van der Waals surface area (Å²) in [4.78, 5) is 0.236. The van der Waals surface area contributed by atoms with Crippen molar-refractivity contribution in [2.24, 2.45) is 0 Å². The first kappa shape index (κ1) is 15.3. The third-order valence-corrected chi connectivity index (χ3v) is 5.99. The minimum absolute atomic E-state index is 0.236. The number of nitrogen functional groups attached to an aromatic ring is 1. The maximum Gasteiger partial charge on any atom is 0.243 e. The minimum atomic E-state index is -3.53. The van der Waals surface area contributed by atoms with Crippen LogP contribution in [-0.2, 0) is 10.0 Å². The van der Waals surface area contributed by atoms with Crippen LogP contribution in [0, 0.1) is 13.8 Å². The van der Waals surface area contributed by atoms with Crippen molar-refractivity contribution in [2.45, 2.75) is 44.1 Å². The molecule has 1 aromatic carbocycles. The normalized spacial score (nSPS) is 20.0. The second-order valence-corrected chi connectivity index (χ2v) is 7.79. The molecule has 3 N–H and O–H groups in total. The van der Waals surface area contributed by atoms with Gasteiger partial charge in [0.2, 0.25) is 10.0 Å². The summed E-state index contributed by atoms with van der Waals surface area (Å²) >= 11 is 0. The van der Waals surface area contributed by atoms with Crippen molar-refractivity contribution in [3.05, 3.63) is 23.3 Å². The van der Waals surface area contributed by atoms with Crippen molar-refractivity contribution < 1.29 is 13.5 Å². The van der Waals surface area contributed by atoms with Crippen molar-refractivity contribution in [1.82, 2.24) is 4.31 Å². The Balaban J connectivity index is 2.32. The molecule has 1 fully saturated rings. The molecule has 1 aromatic rings.